The molecule has 2 aromatic heterocycles. The van der Waals surface area contributed by atoms with Crippen LogP contribution in [-0.4, -0.2) is 46.4 Å². The van der Waals surface area contributed by atoms with Gasteiger partial charge in [-0.25, -0.2) is 0 Å². The average Bonchev–Trinajstić information content (AvgIpc) is 3.21. The van der Waals surface area contributed by atoms with Crippen LogP contribution >= 0.6 is 0 Å². The maximum atomic E-state index is 6.11. The molecule has 0 amide bonds. The van der Waals surface area contributed by atoms with Crippen LogP contribution in [0.5, 0.6) is 0 Å². The summed E-state index contributed by atoms with van der Waals surface area (Å²) in [7, 11) is 0. The van der Waals surface area contributed by atoms with Crippen molar-refractivity contribution in [3.63, 3.8) is 0 Å². The molecular formula is C18H23N3O3. The van der Waals surface area contributed by atoms with E-state index in [1.54, 1.807) is 6.20 Å². The van der Waals surface area contributed by atoms with Crippen LogP contribution in [0.3, 0.4) is 0 Å². The maximum Gasteiger partial charge on any atom is 0.133 e. The molecule has 2 aliphatic rings. The lowest BCUT2D eigenvalue weighted by atomic mass is 10.1. The van der Waals surface area contributed by atoms with E-state index in [4.69, 9.17) is 14.0 Å². The fourth-order valence-electron chi connectivity index (χ4n) is 3.74. The van der Waals surface area contributed by atoms with E-state index in [9.17, 15) is 0 Å². The van der Waals surface area contributed by atoms with Crippen molar-refractivity contribution >= 4 is 0 Å². The van der Waals surface area contributed by atoms with Gasteiger partial charge in [-0.3, -0.25) is 9.88 Å². The van der Waals surface area contributed by atoms with Gasteiger partial charge in [-0.15, -0.1) is 0 Å². The molecule has 0 N–H and O–H groups in total. The zero-order valence-corrected chi connectivity index (χ0v) is 13.9. The molecule has 2 fully saturated rings. The Labute approximate surface area is 141 Å². The van der Waals surface area contributed by atoms with Gasteiger partial charge in [0.15, 0.2) is 0 Å². The lowest BCUT2D eigenvalue weighted by molar-refractivity contribution is -0.119. The number of rotatable bonds is 5. The van der Waals surface area contributed by atoms with Gasteiger partial charge < -0.3 is 14.0 Å². The van der Waals surface area contributed by atoms with Gasteiger partial charge in [-0.1, -0.05) is 11.2 Å². The van der Waals surface area contributed by atoms with Crippen LogP contribution in [0.1, 0.15) is 30.0 Å². The summed E-state index contributed by atoms with van der Waals surface area (Å²) in [6, 6.07) is 8.30. The Bertz CT molecular complexity index is 661. The Hall–Kier alpha value is -1.76. The Kier molecular flexibility index (Phi) is 4.60. The lowest BCUT2D eigenvalue weighted by Gasteiger charge is -2.38. The summed E-state index contributed by atoms with van der Waals surface area (Å²) in [5, 5.41) is 4.12. The number of hydrogen-bond acceptors (Lipinski definition) is 6. The van der Waals surface area contributed by atoms with Gasteiger partial charge in [0.1, 0.15) is 5.76 Å². The third-order valence-electron chi connectivity index (χ3n) is 4.86. The Morgan fingerprint density at radius 2 is 2.25 bits per heavy atom. The second kappa shape index (κ2) is 7.01. The van der Waals surface area contributed by atoms with Gasteiger partial charge in [-0.2, -0.15) is 0 Å². The zero-order chi connectivity index (χ0) is 16.4. The van der Waals surface area contributed by atoms with E-state index < -0.39 is 0 Å². The van der Waals surface area contributed by atoms with Gasteiger partial charge in [-0.05, 0) is 31.9 Å². The fourth-order valence-corrected chi connectivity index (χ4v) is 3.74. The smallest absolute Gasteiger partial charge is 0.133 e. The summed E-state index contributed by atoms with van der Waals surface area (Å²) >= 11 is 0. The highest BCUT2D eigenvalue weighted by molar-refractivity contribution is 5.06. The highest BCUT2D eigenvalue weighted by Crippen LogP contribution is 2.33. The van der Waals surface area contributed by atoms with Crippen LogP contribution in [0.15, 0.2) is 35.0 Å². The number of nitrogens with zero attached hydrogens (tertiary/aromatic N) is 3. The zero-order valence-electron chi connectivity index (χ0n) is 13.9. The summed E-state index contributed by atoms with van der Waals surface area (Å²) in [6.45, 7) is 4.95. The van der Waals surface area contributed by atoms with Crippen molar-refractivity contribution in [2.45, 2.75) is 51.2 Å². The second-order valence-corrected chi connectivity index (χ2v) is 6.55. The highest BCUT2D eigenvalue weighted by atomic mass is 16.5. The number of hydrogen-bond donors (Lipinski definition) is 0. The summed E-state index contributed by atoms with van der Waals surface area (Å²) < 4.78 is 17.3. The molecule has 6 heteroatoms. The summed E-state index contributed by atoms with van der Waals surface area (Å²) in [5.41, 5.74) is 1.96. The molecule has 1 aliphatic heterocycles. The van der Waals surface area contributed by atoms with E-state index in [-0.39, 0.29) is 12.2 Å². The Morgan fingerprint density at radius 3 is 3.04 bits per heavy atom. The van der Waals surface area contributed by atoms with Gasteiger partial charge in [0.25, 0.3) is 0 Å². The molecule has 0 aromatic carbocycles. The molecule has 1 aliphatic carbocycles. The van der Waals surface area contributed by atoms with Crippen LogP contribution in [0.4, 0.5) is 0 Å². The van der Waals surface area contributed by atoms with E-state index in [1.807, 2.05) is 31.2 Å². The third-order valence-corrected chi connectivity index (χ3v) is 4.86. The van der Waals surface area contributed by atoms with Crippen molar-refractivity contribution in [3.8, 4) is 0 Å². The van der Waals surface area contributed by atoms with Crippen LogP contribution in [0, 0.1) is 6.92 Å². The van der Waals surface area contributed by atoms with E-state index in [1.165, 1.54) is 0 Å². The normalized spacial score (nSPS) is 27.3. The minimum absolute atomic E-state index is 0.135. The van der Waals surface area contributed by atoms with Crippen molar-refractivity contribution in [3.05, 3.63) is 47.6 Å². The van der Waals surface area contributed by atoms with Crippen molar-refractivity contribution in [1.29, 1.82) is 0 Å². The van der Waals surface area contributed by atoms with Crippen LogP contribution in [-0.2, 0) is 22.6 Å². The molecule has 0 bridgehead atoms. The first-order valence-corrected chi connectivity index (χ1v) is 8.59. The largest absolute Gasteiger partial charge is 0.373 e. The first-order chi connectivity index (χ1) is 11.8. The monoisotopic (exact) mass is 329 g/mol. The molecule has 0 unspecified atom stereocenters. The minimum atomic E-state index is 0.135. The first kappa shape index (κ1) is 15.7. The number of fused-ring (bicyclic) bond motifs is 1. The van der Waals surface area contributed by atoms with Crippen LogP contribution in [0.25, 0.3) is 0 Å². The fraction of sp³-hybridized carbons (Fsp3) is 0.556. The molecule has 1 saturated carbocycles. The number of aryl methyl sites for hydroxylation is 1. The van der Waals surface area contributed by atoms with Crippen molar-refractivity contribution < 1.29 is 14.0 Å². The number of aromatic nitrogens is 2. The van der Waals surface area contributed by atoms with Gasteiger partial charge in [0.05, 0.1) is 36.8 Å². The number of ether oxygens (including phenoxy) is 2. The number of pyridine rings is 1. The standard InChI is InChI=1S/C18H23N3O3/c1-13-10-15(20-24-13)11-21-8-9-22-18-16(21)5-6-17(18)23-12-14-4-2-3-7-19-14/h2-4,7,10,16-18H,5-6,8-9,11-12H2,1H3/t16-,17+,18+/m0/s1. The Balaban J connectivity index is 1.37. The quantitative estimate of drug-likeness (QED) is 0.839. The van der Waals surface area contributed by atoms with Gasteiger partial charge >= 0.3 is 0 Å². The molecule has 2 aromatic rings. The van der Waals surface area contributed by atoms with E-state index >= 15 is 0 Å². The topological polar surface area (TPSA) is 60.6 Å². The number of morpholine rings is 1. The summed E-state index contributed by atoms with van der Waals surface area (Å²) in [5.74, 6) is 0.859. The SMILES string of the molecule is Cc1cc(CN2CCO[C@H]3[C@H](OCc4ccccn4)CC[C@@H]32)no1. The van der Waals surface area contributed by atoms with E-state index in [0.717, 1.165) is 49.7 Å². The molecule has 24 heavy (non-hydrogen) atoms. The van der Waals surface area contributed by atoms with Crippen molar-refractivity contribution in [1.82, 2.24) is 15.0 Å². The molecule has 0 radical (unpaired) electrons. The third kappa shape index (κ3) is 3.36. The predicted molar refractivity (Wildman–Crippen MR) is 87.2 cm³/mol. The van der Waals surface area contributed by atoms with Crippen LogP contribution in [0.2, 0.25) is 0 Å². The molecule has 6 nitrogen and oxygen atoms in total. The highest BCUT2D eigenvalue weighted by Gasteiger charge is 2.43. The summed E-state index contributed by atoms with van der Waals surface area (Å²) in [4.78, 5) is 6.78. The van der Waals surface area contributed by atoms with E-state index in [0.29, 0.717) is 12.6 Å². The summed E-state index contributed by atoms with van der Waals surface area (Å²) in [6.07, 6.45) is 4.19. The molecular weight excluding hydrogens is 306 g/mol. The van der Waals surface area contributed by atoms with Crippen molar-refractivity contribution in [2.75, 3.05) is 13.2 Å². The molecule has 1 saturated heterocycles. The lowest BCUT2D eigenvalue weighted by Crippen LogP contribution is -2.51. The van der Waals surface area contributed by atoms with E-state index in [2.05, 4.69) is 15.0 Å². The molecule has 3 atom stereocenters. The van der Waals surface area contributed by atoms with Crippen LogP contribution < -0.4 is 0 Å². The minimum Gasteiger partial charge on any atom is -0.373 e. The second-order valence-electron chi connectivity index (χ2n) is 6.55. The molecule has 3 heterocycles. The predicted octanol–water partition coefficient (Wildman–Crippen LogP) is 2.33. The van der Waals surface area contributed by atoms with Gasteiger partial charge in [0, 0.05) is 31.4 Å². The average molecular weight is 329 g/mol. The molecule has 0 spiro atoms. The maximum absolute atomic E-state index is 6.11. The Morgan fingerprint density at radius 1 is 1.29 bits per heavy atom. The van der Waals surface area contributed by atoms with Gasteiger partial charge in [0.2, 0.25) is 0 Å². The molecule has 4 rings (SSSR count). The first-order valence-electron chi connectivity index (χ1n) is 8.59. The van der Waals surface area contributed by atoms with Crippen molar-refractivity contribution in [2.24, 2.45) is 0 Å². The molecule has 128 valence electrons.